The van der Waals surface area contributed by atoms with Crippen molar-refractivity contribution in [3.05, 3.63) is 52.9 Å². The number of nitrogens with zero attached hydrogens (tertiary/aromatic N) is 2. The predicted octanol–water partition coefficient (Wildman–Crippen LogP) is 3.31. The van der Waals surface area contributed by atoms with E-state index in [4.69, 9.17) is 16.1 Å². The first kappa shape index (κ1) is 14.6. The number of rotatable bonds is 6. The highest BCUT2D eigenvalue weighted by molar-refractivity contribution is 6.30. The van der Waals surface area contributed by atoms with Crippen LogP contribution in [0.15, 0.2) is 41.1 Å². The van der Waals surface area contributed by atoms with Gasteiger partial charge in [0.15, 0.2) is 5.76 Å². The van der Waals surface area contributed by atoms with Gasteiger partial charge in [0.05, 0.1) is 12.7 Å². The zero-order valence-electron chi connectivity index (χ0n) is 11.4. The van der Waals surface area contributed by atoms with Crippen molar-refractivity contribution in [3.8, 4) is 0 Å². The molecule has 0 atom stereocenters. The van der Waals surface area contributed by atoms with Crippen LogP contribution >= 0.6 is 11.6 Å². The Hall–Kier alpha value is -1.81. The number of carbonyl (C=O) groups is 1. The lowest BCUT2D eigenvalue weighted by Crippen LogP contribution is -2.25. The number of amides is 1. The maximum atomic E-state index is 12.0. The molecule has 2 rings (SSSR count). The van der Waals surface area contributed by atoms with Crippen LogP contribution in [0.2, 0.25) is 5.02 Å². The lowest BCUT2D eigenvalue weighted by atomic mass is 10.1. The summed E-state index contributed by atoms with van der Waals surface area (Å²) in [6.07, 6.45) is 3.79. The average molecular weight is 293 g/mol. The Morgan fingerprint density at radius 1 is 1.30 bits per heavy atom. The van der Waals surface area contributed by atoms with Gasteiger partial charge in [0.25, 0.3) is 0 Å². The van der Waals surface area contributed by atoms with Crippen LogP contribution in [0.25, 0.3) is 0 Å². The molecule has 1 aromatic carbocycles. The molecule has 20 heavy (non-hydrogen) atoms. The Labute approximate surface area is 123 Å². The molecule has 1 heterocycles. The van der Waals surface area contributed by atoms with Gasteiger partial charge in [-0.15, -0.1) is 0 Å². The van der Waals surface area contributed by atoms with E-state index in [2.05, 4.69) is 5.16 Å². The monoisotopic (exact) mass is 292 g/mol. The summed E-state index contributed by atoms with van der Waals surface area (Å²) in [6.45, 7) is 0.458. The molecule has 1 amide bonds. The summed E-state index contributed by atoms with van der Waals surface area (Å²) >= 11 is 5.83. The fourth-order valence-corrected chi connectivity index (χ4v) is 2.06. The van der Waals surface area contributed by atoms with E-state index in [1.54, 1.807) is 24.2 Å². The zero-order chi connectivity index (χ0) is 14.4. The van der Waals surface area contributed by atoms with Crippen LogP contribution in [0.1, 0.15) is 24.2 Å². The molecule has 0 N–H and O–H groups in total. The molecule has 0 saturated heterocycles. The molecule has 106 valence electrons. The zero-order valence-corrected chi connectivity index (χ0v) is 12.1. The van der Waals surface area contributed by atoms with Gasteiger partial charge < -0.3 is 9.42 Å². The van der Waals surface area contributed by atoms with Gasteiger partial charge in [-0.2, -0.15) is 0 Å². The molecule has 0 fully saturated rings. The Balaban J connectivity index is 1.73. The van der Waals surface area contributed by atoms with E-state index in [1.807, 2.05) is 24.3 Å². The summed E-state index contributed by atoms with van der Waals surface area (Å²) in [5, 5.41) is 4.35. The summed E-state index contributed by atoms with van der Waals surface area (Å²) in [6, 6.07) is 9.48. The second-order valence-electron chi connectivity index (χ2n) is 4.71. The minimum Gasteiger partial charge on any atom is -0.360 e. The Bertz CT molecular complexity index is 538. The van der Waals surface area contributed by atoms with Gasteiger partial charge in [0, 0.05) is 24.6 Å². The van der Waals surface area contributed by atoms with E-state index in [9.17, 15) is 4.79 Å². The lowest BCUT2D eigenvalue weighted by molar-refractivity contribution is -0.130. The Morgan fingerprint density at radius 2 is 2.05 bits per heavy atom. The summed E-state index contributed by atoms with van der Waals surface area (Å²) in [4.78, 5) is 13.6. The van der Waals surface area contributed by atoms with Crippen molar-refractivity contribution in [3.63, 3.8) is 0 Å². The SMILES string of the molecule is CN(Cc1ccno1)C(=O)CCCc1ccc(Cl)cc1. The summed E-state index contributed by atoms with van der Waals surface area (Å²) in [7, 11) is 1.77. The number of aromatic nitrogens is 1. The van der Waals surface area contributed by atoms with Gasteiger partial charge in [-0.1, -0.05) is 28.9 Å². The molecule has 4 nitrogen and oxygen atoms in total. The third kappa shape index (κ3) is 4.38. The maximum absolute atomic E-state index is 12.0. The van der Waals surface area contributed by atoms with E-state index in [0.717, 1.165) is 17.9 Å². The molecule has 0 aliphatic heterocycles. The molecular weight excluding hydrogens is 276 g/mol. The van der Waals surface area contributed by atoms with Crippen LogP contribution in [0.3, 0.4) is 0 Å². The van der Waals surface area contributed by atoms with Crippen LogP contribution < -0.4 is 0 Å². The molecule has 0 aliphatic rings. The average Bonchev–Trinajstić information content (AvgIpc) is 2.93. The van der Waals surface area contributed by atoms with Crippen molar-refractivity contribution < 1.29 is 9.32 Å². The standard InChI is InChI=1S/C15H17ClN2O2/c1-18(11-14-9-10-17-20-14)15(19)4-2-3-12-5-7-13(16)8-6-12/h5-10H,2-4,11H2,1H3. The highest BCUT2D eigenvalue weighted by Gasteiger charge is 2.10. The fraction of sp³-hybridized carbons (Fsp3) is 0.333. The van der Waals surface area contributed by atoms with Crippen molar-refractivity contribution in [2.75, 3.05) is 7.05 Å². The smallest absolute Gasteiger partial charge is 0.222 e. The third-order valence-electron chi connectivity index (χ3n) is 3.08. The van der Waals surface area contributed by atoms with Crippen molar-refractivity contribution in [1.82, 2.24) is 10.1 Å². The topological polar surface area (TPSA) is 46.3 Å². The molecule has 0 saturated carbocycles. The van der Waals surface area contributed by atoms with Crippen molar-refractivity contribution in [2.24, 2.45) is 0 Å². The van der Waals surface area contributed by atoms with E-state index < -0.39 is 0 Å². The van der Waals surface area contributed by atoms with E-state index in [1.165, 1.54) is 5.56 Å². The first-order valence-corrected chi connectivity index (χ1v) is 6.91. The van der Waals surface area contributed by atoms with Crippen molar-refractivity contribution in [2.45, 2.75) is 25.8 Å². The van der Waals surface area contributed by atoms with Crippen LogP contribution in [-0.4, -0.2) is 23.0 Å². The quantitative estimate of drug-likeness (QED) is 0.820. The number of hydrogen-bond acceptors (Lipinski definition) is 3. The molecule has 0 aliphatic carbocycles. The first-order valence-electron chi connectivity index (χ1n) is 6.53. The second-order valence-corrected chi connectivity index (χ2v) is 5.15. The van der Waals surface area contributed by atoms with Gasteiger partial charge in [0.2, 0.25) is 5.91 Å². The van der Waals surface area contributed by atoms with Crippen LogP contribution in [0.5, 0.6) is 0 Å². The Morgan fingerprint density at radius 3 is 2.70 bits per heavy atom. The minimum absolute atomic E-state index is 0.107. The third-order valence-corrected chi connectivity index (χ3v) is 3.33. The van der Waals surface area contributed by atoms with Gasteiger partial charge >= 0.3 is 0 Å². The maximum Gasteiger partial charge on any atom is 0.222 e. The highest BCUT2D eigenvalue weighted by atomic mass is 35.5. The van der Waals surface area contributed by atoms with Crippen LogP contribution in [-0.2, 0) is 17.8 Å². The molecule has 2 aromatic rings. The van der Waals surface area contributed by atoms with Gasteiger partial charge in [-0.3, -0.25) is 4.79 Å². The molecule has 5 heteroatoms. The molecule has 0 spiro atoms. The van der Waals surface area contributed by atoms with Gasteiger partial charge in [-0.05, 0) is 30.5 Å². The fourth-order valence-electron chi connectivity index (χ4n) is 1.93. The second kappa shape index (κ2) is 7.10. The largest absolute Gasteiger partial charge is 0.360 e. The van der Waals surface area contributed by atoms with Crippen LogP contribution in [0, 0.1) is 0 Å². The number of hydrogen-bond donors (Lipinski definition) is 0. The van der Waals surface area contributed by atoms with Crippen molar-refractivity contribution >= 4 is 17.5 Å². The summed E-state index contributed by atoms with van der Waals surface area (Å²) < 4.78 is 4.98. The summed E-state index contributed by atoms with van der Waals surface area (Å²) in [5.74, 6) is 0.800. The highest BCUT2D eigenvalue weighted by Crippen LogP contribution is 2.12. The number of halogens is 1. The first-order chi connectivity index (χ1) is 9.65. The molecular formula is C15H17ClN2O2. The van der Waals surface area contributed by atoms with Gasteiger partial charge in [-0.25, -0.2) is 0 Å². The van der Waals surface area contributed by atoms with Crippen molar-refractivity contribution in [1.29, 1.82) is 0 Å². The van der Waals surface area contributed by atoms with Gasteiger partial charge in [0.1, 0.15) is 0 Å². The van der Waals surface area contributed by atoms with E-state index in [0.29, 0.717) is 18.7 Å². The molecule has 0 unspecified atom stereocenters. The Kier molecular flexibility index (Phi) is 5.18. The normalized spacial score (nSPS) is 10.5. The van der Waals surface area contributed by atoms with E-state index >= 15 is 0 Å². The molecule has 0 bridgehead atoms. The number of carbonyl (C=O) groups excluding carboxylic acids is 1. The van der Waals surface area contributed by atoms with E-state index in [-0.39, 0.29) is 5.91 Å². The lowest BCUT2D eigenvalue weighted by Gasteiger charge is -2.15. The number of aryl methyl sites for hydroxylation is 1. The molecule has 1 aromatic heterocycles. The predicted molar refractivity (Wildman–Crippen MR) is 77.4 cm³/mol. The number of benzene rings is 1. The summed E-state index contributed by atoms with van der Waals surface area (Å²) in [5.41, 5.74) is 1.19. The molecule has 0 radical (unpaired) electrons. The van der Waals surface area contributed by atoms with Crippen LogP contribution in [0.4, 0.5) is 0 Å². The minimum atomic E-state index is 0.107.